The van der Waals surface area contributed by atoms with Crippen LogP contribution in [-0.2, 0) is 16.0 Å². The first-order valence-electron chi connectivity index (χ1n) is 9.28. The molecule has 3 rings (SSSR count). The molecule has 4 N–H and O–H groups in total. The summed E-state index contributed by atoms with van der Waals surface area (Å²) in [5, 5.41) is 29.3. The van der Waals surface area contributed by atoms with Crippen molar-refractivity contribution in [2.75, 3.05) is 13.6 Å². The lowest BCUT2D eigenvalue weighted by Crippen LogP contribution is -2.06. The Kier molecular flexibility index (Phi) is 8.33. The number of aliphatic hydroxyl groups is 1. The zero-order chi connectivity index (χ0) is 21.2. The normalized spacial score (nSPS) is 16.3. The van der Waals surface area contributed by atoms with Gasteiger partial charge in [-0.3, -0.25) is 0 Å². The molecule has 1 atom stereocenters. The van der Waals surface area contributed by atoms with Gasteiger partial charge in [0.05, 0.1) is 6.10 Å². The second-order valence-electron chi connectivity index (χ2n) is 6.48. The number of fused-ring (bicyclic) bond motifs is 2. The average molecular weight is 395 g/mol. The summed E-state index contributed by atoms with van der Waals surface area (Å²) in [6, 6.07) is 16.6. The van der Waals surface area contributed by atoms with Gasteiger partial charge in [0, 0.05) is 18.6 Å². The van der Waals surface area contributed by atoms with Crippen LogP contribution in [0.1, 0.15) is 34.8 Å². The number of rotatable bonds is 5. The summed E-state index contributed by atoms with van der Waals surface area (Å²) in [4.78, 5) is 19.1. The highest BCUT2D eigenvalue weighted by Crippen LogP contribution is 2.37. The number of carboxylic acids is 2. The van der Waals surface area contributed by atoms with Gasteiger partial charge in [0.25, 0.3) is 0 Å². The van der Waals surface area contributed by atoms with Crippen LogP contribution in [0.15, 0.2) is 66.8 Å². The van der Waals surface area contributed by atoms with Crippen LogP contribution in [-0.4, -0.2) is 40.9 Å². The summed E-state index contributed by atoms with van der Waals surface area (Å²) < 4.78 is 0. The highest BCUT2D eigenvalue weighted by atomic mass is 16.4. The number of carbonyl (C=O) groups is 2. The minimum Gasteiger partial charge on any atom is -0.478 e. The van der Waals surface area contributed by atoms with Gasteiger partial charge in [0.2, 0.25) is 0 Å². The standard InChI is InChI=1S/C19H21NO.C4H4O4/c1-20-12-6-11-16-15-8-3-2-7-14(15)13-19(21)18-10-5-4-9-17(16)18;5-3(6)1-2-4(7)8/h2-5,7-11,19-21H,6,12-13H2,1H3;1-2H,(H,5,6)(H,7,8). The quantitative estimate of drug-likeness (QED) is 0.458. The van der Waals surface area contributed by atoms with Crippen molar-refractivity contribution in [2.45, 2.75) is 18.9 Å². The summed E-state index contributed by atoms with van der Waals surface area (Å²) >= 11 is 0. The lowest BCUT2D eigenvalue weighted by Gasteiger charge is -2.13. The molecular formula is C23H25NO5. The molecule has 29 heavy (non-hydrogen) atoms. The van der Waals surface area contributed by atoms with Crippen molar-refractivity contribution in [2.24, 2.45) is 0 Å². The Morgan fingerprint density at radius 1 is 1.00 bits per heavy atom. The molecule has 0 fully saturated rings. The predicted octanol–water partition coefficient (Wildman–Crippen LogP) is 3.03. The van der Waals surface area contributed by atoms with Gasteiger partial charge in [-0.05, 0) is 47.8 Å². The van der Waals surface area contributed by atoms with Crippen LogP contribution in [0.4, 0.5) is 0 Å². The third-order valence-electron chi connectivity index (χ3n) is 4.44. The highest BCUT2D eigenvalue weighted by molar-refractivity contribution is 5.89. The van der Waals surface area contributed by atoms with Gasteiger partial charge < -0.3 is 20.6 Å². The Labute approximate surface area is 169 Å². The van der Waals surface area contributed by atoms with Crippen molar-refractivity contribution >= 4 is 17.5 Å². The monoisotopic (exact) mass is 395 g/mol. The van der Waals surface area contributed by atoms with E-state index in [4.69, 9.17) is 10.2 Å². The number of carboxylic acid groups (broad SMARTS) is 2. The van der Waals surface area contributed by atoms with Crippen molar-refractivity contribution in [3.63, 3.8) is 0 Å². The second kappa shape index (κ2) is 10.9. The van der Waals surface area contributed by atoms with Crippen molar-refractivity contribution in [3.8, 4) is 0 Å². The lowest BCUT2D eigenvalue weighted by molar-refractivity contribution is -0.134. The summed E-state index contributed by atoms with van der Waals surface area (Å²) in [7, 11) is 1.97. The van der Waals surface area contributed by atoms with Crippen molar-refractivity contribution in [1.82, 2.24) is 5.32 Å². The molecule has 6 nitrogen and oxygen atoms in total. The molecule has 1 aliphatic carbocycles. The van der Waals surface area contributed by atoms with Gasteiger partial charge in [-0.25, -0.2) is 9.59 Å². The Morgan fingerprint density at radius 2 is 1.59 bits per heavy atom. The molecule has 2 aromatic carbocycles. The van der Waals surface area contributed by atoms with E-state index in [1.165, 1.54) is 16.7 Å². The molecule has 0 aromatic heterocycles. The van der Waals surface area contributed by atoms with Crippen molar-refractivity contribution in [1.29, 1.82) is 0 Å². The zero-order valence-corrected chi connectivity index (χ0v) is 16.2. The molecule has 1 aliphatic rings. The number of hydrogen-bond acceptors (Lipinski definition) is 4. The van der Waals surface area contributed by atoms with Crippen LogP contribution in [0.2, 0.25) is 0 Å². The van der Waals surface area contributed by atoms with Crippen molar-refractivity contribution in [3.05, 3.63) is 89.0 Å². The SMILES string of the molecule is CNCCC=C1c2ccccc2CC(O)c2ccccc21.O=C(O)C=CC(=O)O. The van der Waals surface area contributed by atoms with Crippen LogP contribution in [0.3, 0.4) is 0 Å². The first kappa shape index (κ1) is 22.1. The summed E-state index contributed by atoms with van der Waals surface area (Å²) in [6.45, 7) is 0.955. The van der Waals surface area contributed by atoms with E-state index in [2.05, 4.69) is 35.7 Å². The summed E-state index contributed by atoms with van der Waals surface area (Å²) in [5.74, 6) is -2.51. The maximum atomic E-state index is 10.5. The first-order chi connectivity index (χ1) is 13.9. The van der Waals surface area contributed by atoms with Crippen LogP contribution in [0.5, 0.6) is 0 Å². The minimum atomic E-state index is -1.26. The molecule has 0 saturated carbocycles. The Morgan fingerprint density at radius 3 is 2.21 bits per heavy atom. The molecule has 0 heterocycles. The average Bonchev–Trinajstić information content (AvgIpc) is 2.82. The smallest absolute Gasteiger partial charge is 0.328 e. The molecule has 0 amide bonds. The summed E-state index contributed by atoms with van der Waals surface area (Å²) in [6.07, 6.45) is 4.62. The van der Waals surface area contributed by atoms with E-state index in [-0.39, 0.29) is 0 Å². The lowest BCUT2D eigenvalue weighted by atomic mass is 9.93. The van der Waals surface area contributed by atoms with E-state index in [1.54, 1.807) is 0 Å². The fourth-order valence-corrected chi connectivity index (χ4v) is 3.18. The topological polar surface area (TPSA) is 107 Å². The van der Waals surface area contributed by atoms with E-state index < -0.39 is 18.0 Å². The Balaban J connectivity index is 0.000000321. The van der Waals surface area contributed by atoms with Crippen LogP contribution >= 0.6 is 0 Å². The fourth-order valence-electron chi connectivity index (χ4n) is 3.18. The van der Waals surface area contributed by atoms with E-state index in [1.807, 2.05) is 31.3 Å². The third-order valence-corrected chi connectivity index (χ3v) is 4.44. The van der Waals surface area contributed by atoms with Crippen LogP contribution in [0.25, 0.3) is 5.57 Å². The molecule has 0 spiro atoms. The second-order valence-corrected chi connectivity index (χ2v) is 6.48. The zero-order valence-electron chi connectivity index (χ0n) is 16.2. The molecule has 1 unspecified atom stereocenters. The van der Waals surface area contributed by atoms with Gasteiger partial charge in [0.1, 0.15) is 0 Å². The number of aliphatic carboxylic acids is 2. The number of aliphatic hydroxyl groups excluding tert-OH is 1. The van der Waals surface area contributed by atoms with Crippen molar-refractivity contribution < 1.29 is 24.9 Å². The van der Waals surface area contributed by atoms with E-state index in [9.17, 15) is 14.7 Å². The number of nitrogens with one attached hydrogen (secondary N) is 1. The maximum absolute atomic E-state index is 10.5. The molecular weight excluding hydrogens is 370 g/mol. The van der Waals surface area contributed by atoms with Crippen LogP contribution in [0, 0.1) is 0 Å². The molecule has 6 heteroatoms. The molecule has 0 bridgehead atoms. The molecule has 0 radical (unpaired) electrons. The molecule has 152 valence electrons. The highest BCUT2D eigenvalue weighted by Gasteiger charge is 2.22. The number of hydrogen-bond donors (Lipinski definition) is 4. The molecule has 0 saturated heterocycles. The molecule has 2 aromatic rings. The van der Waals surface area contributed by atoms with Gasteiger partial charge >= 0.3 is 11.9 Å². The largest absolute Gasteiger partial charge is 0.478 e. The maximum Gasteiger partial charge on any atom is 0.328 e. The Bertz CT molecular complexity index is 901. The van der Waals surface area contributed by atoms with Gasteiger partial charge in [0.15, 0.2) is 0 Å². The predicted molar refractivity (Wildman–Crippen MR) is 112 cm³/mol. The fraction of sp³-hybridized carbons (Fsp3) is 0.217. The Hall–Kier alpha value is -3.22. The van der Waals surface area contributed by atoms with Gasteiger partial charge in [-0.2, -0.15) is 0 Å². The van der Waals surface area contributed by atoms with Crippen LogP contribution < -0.4 is 5.32 Å². The van der Waals surface area contributed by atoms with E-state index in [0.717, 1.165) is 24.1 Å². The van der Waals surface area contributed by atoms with E-state index in [0.29, 0.717) is 18.6 Å². The van der Waals surface area contributed by atoms with Gasteiger partial charge in [-0.15, -0.1) is 0 Å². The first-order valence-corrected chi connectivity index (χ1v) is 9.28. The molecule has 0 aliphatic heterocycles. The third kappa shape index (κ3) is 6.41. The minimum absolute atomic E-state index is 0.433. The van der Waals surface area contributed by atoms with Gasteiger partial charge in [-0.1, -0.05) is 54.6 Å². The summed E-state index contributed by atoms with van der Waals surface area (Å²) in [5.41, 5.74) is 5.90. The number of benzene rings is 2. The van der Waals surface area contributed by atoms with E-state index >= 15 is 0 Å².